The molecule has 0 aliphatic heterocycles. The SMILES string of the molecule is CCN(CC)c1nc(C2=C[C+]=C([N+](=O)[O-])C=C2)nc2ccccc12.[Cl-]. The first-order valence-corrected chi connectivity index (χ1v) is 7.82. The molecule has 0 radical (unpaired) electrons. The van der Waals surface area contributed by atoms with Gasteiger partial charge in [0.25, 0.3) is 0 Å². The fourth-order valence-corrected chi connectivity index (χ4v) is 2.62. The van der Waals surface area contributed by atoms with E-state index in [-0.39, 0.29) is 18.1 Å². The number of halogens is 1. The summed E-state index contributed by atoms with van der Waals surface area (Å²) in [7, 11) is 0. The largest absolute Gasteiger partial charge is 1.00 e. The van der Waals surface area contributed by atoms with Crippen molar-refractivity contribution >= 4 is 22.3 Å². The fourth-order valence-electron chi connectivity index (χ4n) is 2.62. The third-order valence-electron chi connectivity index (χ3n) is 3.90. The second-order valence-corrected chi connectivity index (χ2v) is 5.28. The van der Waals surface area contributed by atoms with E-state index in [1.807, 2.05) is 24.3 Å². The summed E-state index contributed by atoms with van der Waals surface area (Å²) in [6.07, 6.45) is 7.31. The van der Waals surface area contributed by atoms with Crippen LogP contribution in [-0.4, -0.2) is 28.0 Å². The fraction of sp³-hybridized carbons (Fsp3) is 0.222. The summed E-state index contributed by atoms with van der Waals surface area (Å²) < 4.78 is 0. The molecule has 0 unspecified atom stereocenters. The van der Waals surface area contributed by atoms with Crippen molar-refractivity contribution < 1.29 is 17.3 Å². The Labute approximate surface area is 152 Å². The van der Waals surface area contributed by atoms with Gasteiger partial charge in [-0.3, -0.25) is 10.1 Å². The molecular weight excluding hydrogens is 340 g/mol. The molecule has 0 N–H and O–H groups in total. The Hall–Kier alpha value is -2.82. The van der Waals surface area contributed by atoms with E-state index >= 15 is 0 Å². The number of aromatic nitrogens is 2. The molecule has 3 rings (SSSR count). The topological polar surface area (TPSA) is 72.2 Å². The van der Waals surface area contributed by atoms with Crippen molar-refractivity contribution in [1.29, 1.82) is 0 Å². The van der Waals surface area contributed by atoms with Gasteiger partial charge in [0.1, 0.15) is 34.5 Å². The van der Waals surface area contributed by atoms with Crippen LogP contribution >= 0.6 is 0 Å². The number of allylic oxidation sites excluding steroid dienone is 5. The van der Waals surface area contributed by atoms with Crippen LogP contribution in [-0.2, 0) is 0 Å². The van der Waals surface area contributed by atoms with Crippen LogP contribution in [0.25, 0.3) is 16.5 Å². The molecule has 1 aliphatic rings. The highest BCUT2D eigenvalue weighted by Crippen LogP contribution is 2.27. The smallest absolute Gasteiger partial charge is 0.427 e. The lowest BCUT2D eigenvalue weighted by Crippen LogP contribution is -3.00. The van der Waals surface area contributed by atoms with Crippen molar-refractivity contribution in [1.82, 2.24) is 9.97 Å². The molecule has 0 spiro atoms. The van der Waals surface area contributed by atoms with Gasteiger partial charge < -0.3 is 17.3 Å². The lowest BCUT2D eigenvalue weighted by molar-refractivity contribution is -0.419. The Morgan fingerprint density at radius 2 is 1.88 bits per heavy atom. The zero-order valence-corrected chi connectivity index (χ0v) is 14.7. The Bertz CT molecular complexity index is 886. The van der Waals surface area contributed by atoms with Gasteiger partial charge in [-0.1, -0.05) is 12.1 Å². The normalized spacial score (nSPS) is 12.7. The van der Waals surface area contributed by atoms with Crippen LogP contribution in [0.4, 0.5) is 5.82 Å². The second kappa shape index (κ2) is 7.83. The maximum absolute atomic E-state index is 10.8. The van der Waals surface area contributed by atoms with Crippen molar-refractivity contribution in [3.05, 3.63) is 70.2 Å². The number of hydrogen-bond donors (Lipinski definition) is 0. The van der Waals surface area contributed by atoms with E-state index in [9.17, 15) is 10.1 Å². The zero-order valence-electron chi connectivity index (χ0n) is 13.9. The molecule has 0 amide bonds. The lowest BCUT2D eigenvalue weighted by atomic mass is 10.1. The van der Waals surface area contributed by atoms with E-state index in [1.54, 1.807) is 12.2 Å². The van der Waals surface area contributed by atoms with Crippen LogP contribution < -0.4 is 17.3 Å². The summed E-state index contributed by atoms with van der Waals surface area (Å²) in [5.74, 6) is 1.42. The van der Waals surface area contributed by atoms with E-state index in [0.717, 1.165) is 29.8 Å². The van der Waals surface area contributed by atoms with Gasteiger partial charge in [0, 0.05) is 18.5 Å². The Balaban J connectivity index is 0.00000225. The van der Waals surface area contributed by atoms with Gasteiger partial charge in [0.2, 0.25) is 5.82 Å². The Morgan fingerprint density at radius 3 is 2.48 bits per heavy atom. The average Bonchev–Trinajstić information content (AvgIpc) is 2.62. The summed E-state index contributed by atoms with van der Waals surface area (Å²) in [5, 5.41) is 11.8. The van der Waals surface area contributed by atoms with E-state index in [4.69, 9.17) is 4.98 Å². The van der Waals surface area contributed by atoms with Crippen LogP contribution in [0.15, 0.2) is 48.2 Å². The first-order valence-electron chi connectivity index (χ1n) is 7.82. The van der Waals surface area contributed by atoms with Crippen LogP contribution in [0.1, 0.15) is 19.7 Å². The molecular formula is C18H17ClN4O2. The zero-order chi connectivity index (χ0) is 17.1. The van der Waals surface area contributed by atoms with E-state index in [2.05, 4.69) is 29.8 Å². The predicted octanol–water partition coefficient (Wildman–Crippen LogP) is 0.397. The van der Waals surface area contributed by atoms with Gasteiger partial charge in [-0.25, -0.2) is 4.98 Å². The molecule has 1 heterocycles. The van der Waals surface area contributed by atoms with Crippen molar-refractivity contribution in [2.24, 2.45) is 0 Å². The van der Waals surface area contributed by atoms with E-state index in [1.165, 1.54) is 6.08 Å². The van der Waals surface area contributed by atoms with Gasteiger partial charge in [0.15, 0.2) is 0 Å². The van der Waals surface area contributed by atoms with Gasteiger partial charge in [-0.2, -0.15) is 4.98 Å². The van der Waals surface area contributed by atoms with Crippen LogP contribution in [0.2, 0.25) is 0 Å². The molecule has 0 fully saturated rings. The molecule has 7 heteroatoms. The molecule has 0 bridgehead atoms. The third kappa shape index (κ3) is 3.65. The summed E-state index contributed by atoms with van der Waals surface area (Å²) in [6, 6.07) is 7.86. The van der Waals surface area contributed by atoms with Crippen LogP contribution in [0, 0.1) is 16.2 Å². The van der Waals surface area contributed by atoms with Crippen LogP contribution in [0.3, 0.4) is 0 Å². The number of benzene rings is 1. The third-order valence-corrected chi connectivity index (χ3v) is 3.90. The molecule has 128 valence electrons. The average molecular weight is 357 g/mol. The maximum Gasteiger partial charge on any atom is 0.427 e. The van der Waals surface area contributed by atoms with E-state index in [0.29, 0.717) is 11.4 Å². The summed E-state index contributed by atoms with van der Waals surface area (Å²) in [4.78, 5) is 21.8. The molecule has 1 aliphatic carbocycles. The summed E-state index contributed by atoms with van der Waals surface area (Å²) in [5.41, 5.74) is 1.49. The minimum Gasteiger partial charge on any atom is -1.00 e. The number of hydrogen-bond acceptors (Lipinski definition) is 5. The molecule has 25 heavy (non-hydrogen) atoms. The molecule has 1 aromatic heterocycles. The highest BCUT2D eigenvalue weighted by Gasteiger charge is 2.23. The maximum atomic E-state index is 10.8. The van der Waals surface area contributed by atoms with Crippen molar-refractivity contribution in [3.8, 4) is 0 Å². The van der Waals surface area contributed by atoms with E-state index < -0.39 is 4.92 Å². The van der Waals surface area contributed by atoms with Crippen molar-refractivity contribution in [2.45, 2.75) is 13.8 Å². The number of nitro groups is 1. The standard InChI is InChI=1S/C18H17N4O2.ClH/c1-3-21(4-2)18-15-7-5-6-8-16(15)19-17(20-18)13-9-11-14(12-10-13)22(23)24;/h5-11H,3-4H2,1-2H3;1H/q+1;/p-1. The second-order valence-electron chi connectivity index (χ2n) is 5.28. The van der Waals surface area contributed by atoms with Crippen molar-refractivity contribution in [2.75, 3.05) is 18.0 Å². The molecule has 0 saturated heterocycles. The first kappa shape index (κ1) is 18.5. The highest BCUT2D eigenvalue weighted by molar-refractivity contribution is 5.91. The van der Waals surface area contributed by atoms with Crippen molar-refractivity contribution in [3.63, 3.8) is 0 Å². The van der Waals surface area contributed by atoms with Gasteiger partial charge >= 0.3 is 5.70 Å². The number of para-hydroxylation sites is 1. The van der Waals surface area contributed by atoms with Crippen LogP contribution in [0.5, 0.6) is 0 Å². The number of fused-ring (bicyclic) bond motifs is 1. The monoisotopic (exact) mass is 356 g/mol. The highest BCUT2D eigenvalue weighted by atomic mass is 35.5. The molecule has 0 atom stereocenters. The lowest BCUT2D eigenvalue weighted by Gasteiger charge is -2.21. The molecule has 0 saturated carbocycles. The first-order chi connectivity index (χ1) is 11.6. The Morgan fingerprint density at radius 1 is 1.16 bits per heavy atom. The number of rotatable bonds is 5. The molecule has 2 aromatic rings. The summed E-state index contributed by atoms with van der Waals surface area (Å²) in [6.45, 7) is 5.84. The molecule has 1 aromatic carbocycles. The quantitative estimate of drug-likeness (QED) is 0.440. The minimum absolute atomic E-state index is 0. The van der Waals surface area contributed by atoms with Gasteiger partial charge in [0.05, 0.1) is 11.6 Å². The van der Waals surface area contributed by atoms with Gasteiger partial charge in [-0.05, 0) is 26.0 Å². The number of nitrogens with zero attached hydrogens (tertiary/aromatic N) is 4. The van der Waals surface area contributed by atoms with Gasteiger partial charge in [-0.15, -0.1) is 0 Å². The number of anilines is 1. The Kier molecular flexibility index (Phi) is 5.80. The minimum atomic E-state index is -0.466. The predicted molar refractivity (Wildman–Crippen MR) is 94.0 cm³/mol. The molecule has 6 nitrogen and oxygen atoms in total. The summed E-state index contributed by atoms with van der Waals surface area (Å²) >= 11 is 0.